The van der Waals surface area contributed by atoms with Gasteiger partial charge < -0.3 is 15.3 Å². The fourth-order valence-electron chi connectivity index (χ4n) is 1.34. The van der Waals surface area contributed by atoms with Crippen LogP contribution in [0.4, 0.5) is 0 Å². The molecule has 0 aliphatic rings. The van der Waals surface area contributed by atoms with Crippen LogP contribution in [0, 0.1) is 0 Å². The van der Waals surface area contributed by atoms with E-state index in [1.165, 1.54) is 18.3 Å². The summed E-state index contributed by atoms with van der Waals surface area (Å²) in [7, 11) is 0. The largest absolute Gasteiger partial charge is 0.396 e. The highest BCUT2D eigenvalue weighted by Crippen LogP contribution is 2.27. The number of Topliss-reactive ketones (excluding diaryl/α,β-unsaturated/α-hetero) is 1. The Balaban J connectivity index is 2.85. The first-order valence-corrected chi connectivity index (χ1v) is 5.51. The van der Waals surface area contributed by atoms with Crippen LogP contribution in [0.25, 0.3) is 0 Å². The molecule has 0 spiro atoms. The fraction of sp³-hybridized carbons (Fsp3) is 0.500. The van der Waals surface area contributed by atoms with E-state index >= 15 is 0 Å². The molecule has 2 unspecified atom stereocenters. The maximum absolute atomic E-state index is 11.2. The first kappa shape index (κ1) is 12.3. The van der Waals surface area contributed by atoms with Crippen LogP contribution in [0.1, 0.15) is 34.7 Å². The van der Waals surface area contributed by atoms with E-state index in [0.717, 1.165) is 0 Å². The van der Waals surface area contributed by atoms with Gasteiger partial charge in [0, 0.05) is 12.2 Å². The molecular formula is C10H14O4S. The van der Waals surface area contributed by atoms with Gasteiger partial charge in [0.1, 0.15) is 6.10 Å². The Morgan fingerprint density at radius 2 is 2.20 bits per heavy atom. The van der Waals surface area contributed by atoms with Gasteiger partial charge in [-0.1, -0.05) is 0 Å². The smallest absolute Gasteiger partial charge is 0.170 e. The maximum Gasteiger partial charge on any atom is 0.170 e. The summed E-state index contributed by atoms with van der Waals surface area (Å²) in [5.41, 5.74) is 0.438. The van der Waals surface area contributed by atoms with E-state index in [1.807, 2.05) is 0 Å². The third kappa shape index (κ3) is 2.85. The number of rotatable bonds is 5. The first-order chi connectivity index (χ1) is 7.07. The summed E-state index contributed by atoms with van der Waals surface area (Å²) < 4.78 is 0. The number of carbonyl (C=O) groups is 1. The highest BCUT2D eigenvalue weighted by Gasteiger charge is 2.22. The zero-order valence-corrected chi connectivity index (χ0v) is 9.20. The first-order valence-electron chi connectivity index (χ1n) is 4.63. The van der Waals surface area contributed by atoms with Gasteiger partial charge in [-0.25, -0.2) is 0 Å². The number of carbonyl (C=O) groups excluding carboxylic acids is 1. The molecule has 15 heavy (non-hydrogen) atoms. The Bertz CT molecular complexity index is 334. The summed E-state index contributed by atoms with van der Waals surface area (Å²) in [5.74, 6) is -0.129. The average Bonchev–Trinajstić information content (AvgIpc) is 2.65. The van der Waals surface area contributed by atoms with Crippen molar-refractivity contribution in [1.29, 1.82) is 0 Å². The minimum atomic E-state index is -1.11. The molecule has 5 heteroatoms. The van der Waals surface area contributed by atoms with Crippen molar-refractivity contribution in [3.05, 3.63) is 21.9 Å². The zero-order chi connectivity index (χ0) is 11.4. The molecule has 3 N–H and O–H groups in total. The number of hydrogen-bond acceptors (Lipinski definition) is 5. The molecule has 84 valence electrons. The normalized spacial score (nSPS) is 14.9. The topological polar surface area (TPSA) is 77.8 Å². The molecule has 1 aromatic rings. The van der Waals surface area contributed by atoms with Gasteiger partial charge in [0.05, 0.1) is 11.0 Å². The quantitative estimate of drug-likeness (QED) is 0.652. The van der Waals surface area contributed by atoms with Crippen LogP contribution in [-0.4, -0.2) is 33.8 Å². The van der Waals surface area contributed by atoms with Crippen LogP contribution < -0.4 is 0 Å². The minimum Gasteiger partial charge on any atom is -0.396 e. The summed E-state index contributed by atoms with van der Waals surface area (Å²) in [6.45, 7) is 1.22. The average molecular weight is 230 g/mol. The highest BCUT2D eigenvalue weighted by atomic mass is 32.1. The number of aliphatic hydroxyl groups excluding tert-OH is 3. The summed E-state index contributed by atoms with van der Waals surface area (Å²) in [6.07, 6.45) is -2.06. The van der Waals surface area contributed by atoms with E-state index < -0.39 is 12.2 Å². The SMILES string of the molecule is CC(=O)c1sccc1C(O)C(O)CCO. The third-order valence-electron chi connectivity index (χ3n) is 2.12. The van der Waals surface area contributed by atoms with E-state index in [1.54, 1.807) is 11.4 Å². The Kier molecular flexibility index (Phi) is 4.41. The van der Waals surface area contributed by atoms with Crippen LogP contribution in [0.15, 0.2) is 11.4 Å². The van der Waals surface area contributed by atoms with Crippen LogP contribution in [0.2, 0.25) is 0 Å². The Morgan fingerprint density at radius 1 is 1.53 bits per heavy atom. The van der Waals surface area contributed by atoms with E-state index in [0.29, 0.717) is 10.4 Å². The molecule has 0 aliphatic carbocycles. The molecule has 0 saturated heterocycles. The van der Waals surface area contributed by atoms with Gasteiger partial charge in [0.15, 0.2) is 5.78 Å². The molecule has 1 aromatic heterocycles. The van der Waals surface area contributed by atoms with Gasteiger partial charge in [0.25, 0.3) is 0 Å². The number of hydrogen-bond donors (Lipinski definition) is 3. The third-order valence-corrected chi connectivity index (χ3v) is 3.15. The van der Waals surface area contributed by atoms with E-state index in [2.05, 4.69) is 0 Å². The molecule has 0 amide bonds. The van der Waals surface area contributed by atoms with Gasteiger partial charge in [0.2, 0.25) is 0 Å². The molecule has 2 atom stereocenters. The Hall–Kier alpha value is -0.750. The Morgan fingerprint density at radius 3 is 2.73 bits per heavy atom. The van der Waals surface area contributed by atoms with E-state index in [-0.39, 0.29) is 18.8 Å². The summed E-state index contributed by atoms with van der Waals surface area (Å²) in [6, 6.07) is 1.62. The van der Waals surface area contributed by atoms with Crippen molar-refractivity contribution >= 4 is 17.1 Å². The predicted molar refractivity (Wildman–Crippen MR) is 57.0 cm³/mol. The molecule has 1 rings (SSSR count). The Labute approximate surface area is 91.8 Å². The molecule has 0 fully saturated rings. The summed E-state index contributed by atoms with van der Waals surface area (Å²) in [4.78, 5) is 11.6. The van der Waals surface area contributed by atoms with Crippen LogP contribution in [-0.2, 0) is 0 Å². The van der Waals surface area contributed by atoms with Gasteiger partial charge in [-0.15, -0.1) is 11.3 Å². The number of ketones is 1. The fourth-order valence-corrected chi connectivity index (χ4v) is 2.18. The van der Waals surface area contributed by atoms with Gasteiger partial charge in [-0.2, -0.15) is 0 Å². The van der Waals surface area contributed by atoms with Gasteiger partial charge in [-0.05, 0) is 24.8 Å². The molecule has 0 aromatic carbocycles. The standard InChI is InChI=1S/C10H14O4S/c1-6(12)10-7(3-5-15-10)9(14)8(13)2-4-11/h3,5,8-9,11,13-14H,2,4H2,1H3. The zero-order valence-electron chi connectivity index (χ0n) is 8.38. The number of aliphatic hydroxyl groups is 3. The van der Waals surface area contributed by atoms with Crippen LogP contribution in [0.3, 0.4) is 0 Å². The molecule has 0 saturated carbocycles. The lowest BCUT2D eigenvalue weighted by Gasteiger charge is -2.16. The van der Waals surface area contributed by atoms with E-state index in [4.69, 9.17) is 5.11 Å². The van der Waals surface area contributed by atoms with Crippen LogP contribution >= 0.6 is 11.3 Å². The molecule has 0 bridgehead atoms. The lowest BCUT2D eigenvalue weighted by Crippen LogP contribution is -2.20. The number of thiophene rings is 1. The second kappa shape index (κ2) is 5.37. The maximum atomic E-state index is 11.2. The molecule has 4 nitrogen and oxygen atoms in total. The highest BCUT2D eigenvalue weighted by molar-refractivity contribution is 7.12. The molecule has 0 aliphatic heterocycles. The van der Waals surface area contributed by atoms with Crippen LogP contribution in [0.5, 0.6) is 0 Å². The van der Waals surface area contributed by atoms with Crippen molar-refractivity contribution in [2.75, 3.05) is 6.61 Å². The predicted octanol–water partition coefficient (Wildman–Crippen LogP) is 0.727. The van der Waals surface area contributed by atoms with Crippen molar-refractivity contribution in [3.63, 3.8) is 0 Å². The summed E-state index contributed by atoms with van der Waals surface area (Å²) in [5, 5.41) is 29.5. The second-order valence-electron chi connectivity index (χ2n) is 3.29. The van der Waals surface area contributed by atoms with E-state index in [9.17, 15) is 15.0 Å². The van der Waals surface area contributed by atoms with Crippen molar-refractivity contribution in [2.45, 2.75) is 25.6 Å². The molecule has 1 heterocycles. The lowest BCUT2D eigenvalue weighted by atomic mass is 10.0. The van der Waals surface area contributed by atoms with Gasteiger partial charge in [-0.3, -0.25) is 4.79 Å². The van der Waals surface area contributed by atoms with Crippen molar-refractivity contribution in [1.82, 2.24) is 0 Å². The van der Waals surface area contributed by atoms with Crippen molar-refractivity contribution in [3.8, 4) is 0 Å². The minimum absolute atomic E-state index is 0.0916. The second-order valence-corrected chi connectivity index (χ2v) is 4.20. The molecular weight excluding hydrogens is 216 g/mol. The molecule has 0 radical (unpaired) electrons. The monoisotopic (exact) mass is 230 g/mol. The summed E-state index contributed by atoms with van der Waals surface area (Å²) >= 11 is 1.24. The van der Waals surface area contributed by atoms with Crippen molar-refractivity contribution < 1.29 is 20.1 Å². The van der Waals surface area contributed by atoms with Crippen molar-refractivity contribution in [2.24, 2.45) is 0 Å². The van der Waals surface area contributed by atoms with Gasteiger partial charge >= 0.3 is 0 Å². The lowest BCUT2D eigenvalue weighted by molar-refractivity contribution is 0.00413.